The third-order valence-electron chi connectivity index (χ3n) is 2.38. The summed E-state index contributed by atoms with van der Waals surface area (Å²) in [6.45, 7) is 2.84. The maximum Gasteiger partial charge on any atom is 0.414 e. The molecule has 1 unspecified atom stereocenters. The summed E-state index contributed by atoms with van der Waals surface area (Å²) in [6.07, 6.45) is -4.05. The molecule has 0 aromatic rings. The molecule has 0 heterocycles. The smallest absolute Gasteiger partial charge is 0.384 e. The van der Waals surface area contributed by atoms with Crippen LogP contribution in [0.1, 0.15) is 32.6 Å². The van der Waals surface area contributed by atoms with E-state index in [-0.39, 0.29) is 29.9 Å². The standard InChI is InChI=1S/C11H22F3N3O.BrH/c1-3-4-5-7-16-10(15-2)17-8-6-9(18)11(12,13)14;/h9,18H,3-8H2,1-2H3,(H2,15,16,17);1H. The van der Waals surface area contributed by atoms with Crippen LogP contribution >= 0.6 is 17.0 Å². The maximum absolute atomic E-state index is 12.0. The van der Waals surface area contributed by atoms with Gasteiger partial charge in [-0.15, -0.1) is 17.0 Å². The molecule has 0 saturated heterocycles. The number of aliphatic hydroxyl groups is 1. The highest BCUT2D eigenvalue weighted by Gasteiger charge is 2.37. The second-order valence-electron chi connectivity index (χ2n) is 3.98. The largest absolute Gasteiger partial charge is 0.414 e. The molecule has 0 fully saturated rings. The quantitative estimate of drug-likeness (QED) is 0.375. The van der Waals surface area contributed by atoms with Gasteiger partial charge in [-0.25, -0.2) is 0 Å². The number of hydrogen-bond donors (Lipinski definition) is 3. The first kappa shape index (κ1) is 20.8. The Morgan fingerprint density at radius 1 is 1.21 bits per heavy atom. The summed E-state index contributed by atoms with van der Waals surface area (Å²) in [6, 6.07) is 0. The van der Waals surface area contributed by atoms with Gasteiger partial charge < -0.3 is 15.7 Å². The van der Waals surface area contributed by atoms with Crippen molar-refractivity contribution in [2.75, 3.05) is 20.1 Å². The van der Waals surface area contributed by atoms with Gasteiger partial charge in [-0.2, -0.15) is 13.2 Å². The van der Waals surface area contributed by atoms with Crippen molar-refractivity contribution >= 4 is 22.9 Å². The number of nitrogens with one attached hydrogen (secondary N) is 2. The molecule has 0 rings (SSSR count). The van der Waals surface area contributed by atoms with E-state index in [2.05, 4.69) is 22.5 Å². The lowest BCUT2D eigenvalue weighted by Gasteiger charge is -2.16. The van der Waals surface area contributed by atoms with Crippen LogP contribution in [-0.4, -0.2) is 43.5 Å². The maximum atomic E-state index is 12.0. The van der Waals surface area contributed by atoms with Gasteiger partial charge in [-0.3, -0.25) is 4.99 Å². The van der Waals surface area contributed by atoms with Gasteiger partial charge in [0.2, 0.25) is 0 Å². The van der Waals surface area contributed by atoms with Gasteiger partial charge in [-0.05, 0) is 12.8 Å². The van der Waals surface area contributed by atoms with Crippen LogP contribution < -0.4 is 10.6 Å². The summed E-state index contributed by atoms with van der Waals surface area (Å²) in [7, 11) is 1.55. The second kappa shape index (κ2) is 11.3. The summed E-state index contributed by atoms with van der Waals surface area (Å²) in [5, 5.41) is 14.5. The number of alkyl halides is 3. The molecule has 3 N–H and O–H groups in total. The molecule has 0 aliphatic rings. The molecule has 19 heavy (non-hydrogen) atoms. The van der Waals surface area contributed by atoms with Crippen molar-refractivity contribution in [2.45, 2.75) is 44.9 Å². The van der Waals surface area contributed by atoms with Crippen LogP contribution in [-0.2, 0) is 0 Å². The molecule has 0 aromatic heterocycles. The number of halogens is 4. The van der Waals surface area contributed by atoms with Gasteiger partial charge in [0.25, 0.3) is 0 Å². The van der Waals surface area contributed by atoms with Crippen LogP contribution in [0.4, 0.5) is 13.2 Å². The van der Waals surface area contributed by atoms with Gasteiger partial charge in [-0.1, -0.05) is 19.8 Å². The van der Waals surface area contributed by atoms with Gasteiger partial charge in [0.15, 0.2) is 12.1 Å². The topological polar surface area (TPSA) is 56.7 Å². The van der Waals surface area contributed by atoms with E-state index in [1.165, 1.54) is 0 Å². The van der Waals surface area contributed by atoms with E-state index < -0.39 is 12.3 Å². The van der Waals surface area contributed by atoms with Crippen LogP contribution in [0.25, 0.3) is 0 Å². The average Bonchev–Trinajstić information content (AvgIpc) is 2.30. The second-order valence-corrected chi connectivity index (χ2v) is 3.98. The molecule has 0 aliphatic carbocycles. The molecule has 0 amide bonds. The van der Waals surface area contributed by atoms with E-state index in [1.54, 1.807) is 7.05 Å². The normalized spacial score (nSPS) is 13.7. The zero-order valence-electron chi connectivity index (χ0n) is 11.3. The molecule has 8 heteroatoms. The van der Waals surface area contributed by atoms with Crippen molar-refractivity contribution in [1.82, 2.24) is 10.6 Å². The van der Waals surface area contributed by atoms with E-state index in [0.717, 1.165) is 25.8 Å². The fraction of sp³-hybridized carbons (Fsp3) is 0.909. The van der Waals surface area contributed by atoms with Crippen LogP contribution in [0, 0.1) is 0 Å². The van der Waals surface area contributed by atoms with E-state index >= 15 is 0 Å². The molecule has 0 bridgehead atoms. The molecule has 1 atom stereocenters. The Morgan fingerprint density at radius 2 is 1.79 bits per heavy atom. The minimum absolute atomic E-state index is 0. The molecule has 0 saturated carbocycles. The van der Waals surface area contributed by atoms with Gasteiger partial charge in [0, 0.05) is 20.1 Å². The molecule has 0 spiro atoms. The number of rotatable bonds is 7. The van der Waals surface area contributed by atoms with Crippen molar-refractivity contribution < 1.29 is 18.3 Å². The van der Waals surface area contributed by atoms with Crippen LogP contribution in [0.15, 0.2) is 4.99 Å². The highest BCUT2D eigenvalue weighted by atomic mass is 79.9. The monoisotopic (exact) mass is 349 g/mol. The van der Waals surface area contributed by atoms with Crippen molar-refractivity contribution in [3.05, 3.63) is 0 Å². The predicted molar refractivity (Wildman–Crippen MR) is 75.9 cm³/mol. The molecular weight excluding hydrogens is 327 g/mol. The molecule has 0 radical (unpaired) electrons. The summed E-state index contributed by atoms with van der Waals surface area (Å²) >= 11 is 0. The molecule has 116 valence electrons. The van der Waals surface area contributed by atoms with Gasteiger partial charge in [0.05, 0.1) is 0 Å². The minimum Gasteiger partial charge on any atom is -0.384 e. The number of guanidine groups is 1. The van der Waals surface area contributed by atoms with E-state index in [0.29, 0.717) is 5.96 Å². The first-order chi connectivity index (χ1) is 8.41. The van der Waals surface area contributed by atoms with Crippen LogP contribution in [0.2, 0.25) is 0 Å². The van der Waals surface area contributed by atoms with E-state index in [1.807, 2.05) is 0 Å². The first-order valence-electron chi connectivity index (χ1n) is 6.11. The summed E-state index contributed by atoms with van der Waals surface area (Å²) in [5.74, 6) is 0.459. The Labute approximate surface area is 122 Å². The number of aliphatic hydroxyl groups excluding tert-OH is 1. The molecular formula is C11H23BrF3N3O. The van der Waals surface area contributed by atoms with Gasteiger partial charge >= 0.3 is 6.18 Å². The Kier molecular flexibility index (Phi) is 12.4. The van der Waals surface area contributed by atoms with E-state index in [4.69, 9.17) is 5.11 Å². The molecule has 0 aromatic carbocycles. The summed E-state index contributed by atoms with van der Waals surface area (Å²) in [4.78, 5) is 3.88. The third-order valence-corrected chi connectivity index (χ3v) is 2.38. The lowest BCUT2D eigenvalue weighted by Crippen LogP contribution is -2.40. The fourth-order valence-electron chi connectivity index (χ4n) is 1.29. The minimum atomic E-state index is -4.56. The summed E-state index contributed by atoms with van der Waals surface area (Å²) in [5.41, 5.74) is 0. The van der Waals surface area contributed by atoms with Crippen molar-refractivity contribution in [3.8, 4) is 0 Å². The van der Waals surface area contributed by atoms with E-state index in [9.17, 15) is 13.2 Å². The number of hydrogen-bond acceptors (Lipinski definition) is 2. The SMILES string of the molecule is Br.CCCCCNC(=NC)NCCC(O)C(F)(F)F. The highest BCUT2D eigenvalue weighted by Crippen LogP contribution is 2.21. The number of nitrogens with zero attached hydrogens (tertiary/aromatic N) is 1. The highest BCUT2D eigenvalue weighted by molar-refractivity contribution is 8.93. The first-order valence-corrected chi connectivity index (χ1v) is 6.11. The number of unbranched alkanes of at least 4 members (excludes halogenated alkanes) is 2. The Bertz CT molecular complexity index is 250. The van der Waals surface area contributed by atoms with Crippen molar-refractivity contribution in [3.63, 3.8) is 0 Å². The lowest BCUT2D eigenvalue weighted by atomic mass is 10.2. The number of aliphatic imine (C=N–C) groups is 1. The predicted octanol–water partition coefficient (Wildman–Crippen LogP) is 2.23. The van der Waals surface area contributed by atoms with Crippen molar-refractivity contribution in [1.29, 1.82) is 0 Å². The zero-order valence-corrected chi connectivity index (χ0v) is 13.0. The Hall–Kier alpha value is -0.500. The third kappa shape index (κ3) is 11.1. The molecule has 4 nitrogen and oxygen atoms in total. The fourth-order valence-corrected chi connectivity index (χ4v) is 1.29. The molecule has 0 aliphatic heterocycles. The van der Waals surface area contributed by atoms with Crippen molar-refractivity contribution in [2.24, 2.45) is 4.99 Å². The zero-order chi connectivity index (χ0) is 14.0. The summed E-state index contributed by atoms with van der Waals surface area (Å²) < 4.78 is 36.1. The Balaban J connectivity index is 0. The van der Waals surface area contributed by atoms with Crippen LogP contribution in [0.3, 0.4) is 0 Å². The lowest BCUT2D eigenvalue weighted by molar-refractivity contribution is -0.204. The Morgan fingerprint density at radius 3 is 2.26 bits per heavy atom. The van der Waals surface area contributed by atoms with Gasteiger partial charge in [0.1, 0.15) is 0 Å². The van der Waals surface area contributed by atoms with Crippen LogP contribution in [0.5, 0.6) is 0 Å². The average molecular weight is 350 g/mol.